The molecule has 0 aromatic carbocycles. The van der Waals surface area contributed by atoms with E-state index in [2.05, 4.69) is 45.1 Å². The van der Waals surface area contributed by atoms with E-state index >= 15 is 0 Å². The lowest BCUT2D eigenvalue weighted by molar-refractivity contribution is -0.167. The first-order valence-corrected chi connectivity index (χ1v) is 27.9. The first kappa shape index (κ1) is 60.9. The summed E-state index contributed by atoms with van der Waals surface area (Å²) in [6, 6.07) is 0. The molecule has 6 heteroatoms. The smallest absolute Gasteiger partial charge is 0.306 e. The number of esters is 3. The first-order valence-electron chi connectivity index (χ1n) is 27.9. The zero-order valence-electron chi connectivity index (χ0n) is 42.4. The molecule has 0 saturated carbocycles. The van der Waals surface area contributed by atoms with Gasteiger partial charge in [-0.2, -0.15) is 0 Å². The Morgan fingerprint density at radius 2 is 0.571 bits per heavy atom. The van der Waals surface area contributed by atoms with Crippen LogP contribution in [-0.2, 0) is 28.6 Å². The van der Waals surface area contributed by atoms with Gasteiger partial charge in [-0.1, -0.05) is 270 Å². The fraction of sp³-hybridized carbons (Fsp3) is 0.877. The van der Waals surface area contributed by atoms with E-state index in [1.165, 1.54) is 193 Å². The minimum Gasteiger partial charge on any atom is -0.462 e. The molecule has 0 aliphatic carbocycles. The van der Waals surface area contributed by atoms with E-state index in [-0.39, 0.29) is 31.1 Å². The fourth-order valence-corrected chi connectivity index (χ4v) is 8.25. The second-order valence-corrected chi connectivity index (χ2v) is 18.9. The average Bonchev–Trinajstić information content (AvgIpc) is 3.28. The zero-order chi connectivity index (χ0) is 45.8. The lowest BCUT2D eigenvalue weighted by atomic mass is 10.0. The summed E-state index contributed by atoms with van der Waals surface area (Å²) in [6.07, 6.45) is 60.3. The van der Waals surface area contributed by atoms with Crippen molar-refractivity contribution in [1.29, 1.82) is 0 Å². The molecule has 370 valence electrons. The lowest BCUT2D eigenvalue weighted by Crippen LogP contribution is -2.30. The molecular formula is C57H106O6. The molecule has 0 rings (SSSR count). The second kappa shape index (κ2) is 52.5. The van der Waals surface area contributed by atoms with Crippen molar-refractivity contribution in [2.45, 2.75) is 309 Å². The van der Waals surface area contributed by atoms with Crippen LogP contribution >= 0.6 is 0 Å². The van der Waals surface area contributed by atoms with Crippen LogP contribution in [0.15, 0.2) is 24.3 Å². The summed E-state index contributed by atoms with van der Waals surface area (Å²) in [5.74, 6) is -0.885. The van der Waals surface area contributed by atoms with Gasteiger partial charge in [-0.05, 0) is 38.5 Å². The molecule has 0 aromatic heterocycles. The number of unbranched alkanes of at least 4 members (excludes halogenated alkanes) is 37. The van der Waals surface area contributed by atoms with Crippen LogP contribution in [0.2, 0.25) is 0 Å². The number of hydrogen-bond acceptors (Lipinski definition) is 6. The van der Waals surface area contributed by atoms with Crippen molar-refractivity contribution in [2.24, 2.45) is 0 Å². The van der Waals surface area contributed by atoms with Gasteiger partial charge in [0, 0.05) is 19.3 Å². The Hall–Kier alpha value is -2.11. The maximum Gasteiger partial charge on any atom is 0.306 e. The van der Waals surface area contributed by atoms with E-state index in [0.29, 0.717) is 19.3 Å². The Morgan fingerprint density at radius 3 is 0.889 bits per heavy atom. The molecule has 1 unspecified atom stereocenters. The molecule has 0 aliphatic rings. The SMILES string of the molecule is CCCC/C=C\C=C/CCCCCC(=O)OCC(COC(=O)CCCCCCCCCCCCCCCCCCCCC)OC(=O)CCCCCCCCCCCCCCCCC. The van der Waals surface area contributed by atoms with E-state index < -0.39 is 6.10 Å². The van der Waals surface area contributed by atoms with Gasteiger partial charge in [0.1, 0.15) is 13.2 Å². The molecule has 0 N–H and O–H groups in total. The quantitative estimate of drug-likeness (QED) is 0.0262. The van der Waals surface area contributed by atoms with Crippen LogP contribution in [0, 0.1) is 0 Å². The van der Waals surface area contributed by atoms with Crippen molar-refractivity contribution < 1.29 is 28.6 Å². The van der Waals surface area contributed by atoms with Gasteiger partial charge in [-0.3, -0.25) is 14.4 Å². The number of rotatable bonds is 51. The van der Waals surface area contributed by atoms with Crippen molar-refractivity contribution in [3.05, 3.63) is 24.3 Å². The maximum absolute atomic E-state index is 12.8. The normalized spacial score (nSPS) is 12.1. The lowest BCUT2D eigenvalue weighted by Gasteiger charge is -2.18. The Bertz CT molecular complexity index is 1020. The van der Waals surface area contributed by atoms with E-state index in [1.807, 2.05) is 0 Å². The molecule has 0 aromatic rings. The van der Waals surface area contributed by atoms with Gasteiger partial charge < -0.3 is 14.2 Å². The zero-order valence-corrected chi connectivity index (χ0v) is 42.4. The highest BCUT2D eigenvalue weighted by Crippen LogP contribution is 2.17. The highest BCUT2D eigenvalue weighted by molar-refractivity contribution is 5.71. The number of carbonyl (C=O) groups excluding carboxylic acids is 3. The summed E-state index contributed by atoms with van der Waals surface area (Å²) in [6.45, 7) is 6.61. The molecule has 0 bridgehead atoms. The average molecular weight is 887 g/mol. The minimum absolute atomic E-state index is 0.0743. The third-order valence-corrected chi connectivity index (χ3v) is 12.5. The summed E-state index contributed by atoms with van der Waals surface area (Å²) in [7, 11) is 0. The first-order chi connectivity index (χ1) is 31.0. The monoisotopic (exact) mass is 887 g/mol. The van der Waals surface area contributed by atoms with Crippen LogP contribution in [0.3, 0.4) is 0 Å². The van der Waals surface area contributed by atoms with Crippen LogP contribution in [0.25, 0.3) is 0 Å². The van der Waals surface area contributed by atoms with E-state index in [1.54, 1.807) is 0 Å². The predicted octanol–water partition coefficient (Wildman–Crippen LogP) is 18.3. The third kappa shape index (κ3) is 50.7. The van der Waals surface area contributed by atoms with Gasteiger partial charge in [-0.25, -0.2) is 0 Å². The number of ether oxygens (including phenoxy) is 3. The molecule has 63 heavy (non-hydrogen) atoms. The molecule has 0 fully saturated rings. The van der Waals surface area contributed by atoms with E-state index in [9.17, 15) is 14.4 Å². The minimum atomic E-state index is -0.776. The highest BCUT2D eigenvalue weighted by atomic mass is 16.6. The number of hydrogen-bond donors (Lipinski definition) is 0. The standard InChI is InChI=1S/C57H106O6/c1-4-7-10-13-16-19-22-24-26-27-28-29-31-32-35-38-41-44-47-50-56(59)62-53-54(52-61-55(58)49-46-43-40-37-34-21-18-15-12-9-6-3)63-57(60)51-48-45-42-39-36-33-30-25-23-20-17-14-11-8-5-2/h15,18,21,34,54H,4-14,16-17,19-20,22-33,35-53H2,1-3H3/b18-15-,34-21-. The van der Waals surface area contributed by atoms with Gasteiger partial charge in [0.05, 0.1) is 0 Å². The molecule has 0 amide bonds. The summed E-state index contributed by atoms with van der Waals surface area (Å²) in [4.78, 5) is 38.0. The number of allylic oxidation sites excluding steroid dienone is 4. The van der Waals surface area contributed by atoms with Crippen molar-refractivity contribution in [1.82, 2.24) is 0 Å². The molecule has 1 atom stereocenters. The van der Waals surface area contributed by atoms with Crippen LogP contribution in [0.1, 0.15) is 303 Å². The summed E-state index contributed by atoms with van der Waals surface area (Å²) in [5.41, 5.74) is 0. The van der Waals surface area contributed by atoms with Gasteiger partial charge in [0.25, 0.3) is 0 Å². The third-order valence-electron chi connectivity index (χ3n) is 12.5. The molecule has 6 nitrogen and oxygen atoms in total. The van der Waals surface area contributed by atoms with Gasteiger partial charge in [0.2, 0.25) is 0 Å². The Kier molecular flexibility index (Phi) is 50.8. The molecular weight excluding hydrogens is 781 g/mol. The molecule has 0 spiro atoms. The Balaban J connectivity index is 4.28. The second-order valence-electron chi connectivity index (χ2n) is 18.9. The van der Waals surface area contributed by atoms with E-state index in [4.69, 9.17) is 14.2 Å². The van der Waals surface area contributed by atoms with Crippen LogP contribution < -0.4 is 0 Å². The number of carbonyl (C=O) groups is 3. The van der Waals surface area contributed by atoms with Crippen molar-refractivity contribution in [3.8, 4) is 0 Å². The van der Waals surface area contributed by atoms with Crippen LogP contribution in [0.5, 0.6) is 0 Å². The predicted molar refractivity (Wildman–Crippen MR) is 270 cm³/mol. The van der Waals surface area contributed by atoms with Crippen molar-refractivity contribution >= 4 is 17.9 Å². The molecule has 0 aliphatic heterocycles. The van der Waals surface area contributed by atoms with Crippen molar-refractivity contribution in [2.75, 3.05) is 13.2 Å². The fourth-order valence-electron chi connectivity index (χ4n) is 8.25. The Morgan fingerprint density at radius 1 is 0.317 bits per heavy atom. The van der Waals surface area contributed by atoms with Gasteiger partial charge in [-0.15, -0.1) is 0 Å². The van der Waals surface area contributed by atoms with Crippen LogP contribution in [0.4, 0.5) is 0 Å². The summed E-state index contributed by atoms with van der Waals surface area (Å²) < 4.78 is 16.8. The maximum atomic E-state index is 12.8. The van der Waals surface area contributed by atoms with E-state index in [0.717, 1.165) is 70.6 Å². The summed E-state index contributed by atoms with van der Waals surface area (Å²) in [5, 5.41) is 0. The molecule has 0 saturated heterocycles. The Labute approximate surface area is 392 Å². The van der Waals surface area contributed by atoms with Gasteiger partial charge in [0.15, 0.2) is 6.10 Å². The highest BCUT2D eigenvalue weighted by Gasteiger charge is 2.19. The van der Waals surface area contributed by atoms with Gasteiger partial charge >= 0.3 is 17.9 Å². The molecule has 0 heterocycles. The topological polar surface area (TPSA) is 78.9 Å². The largest absolute Gasteiger partial charge is 0.462 e. The van der Waals surface area contributed by atoms with Crippen molar-refractivity contribution in [3.63, 3.8) is 0 Å². The van der Waals surface area contributed by atoms with Crippen LogP contribution in [-0.4, -0.2) is 37.2 Å². The summed E-state index contributed by atoms with van der Waals surface area (Å²) >= 11 is 0. The molecule has 0 radical (unpaired) electrons.